The zero-order valence-electron chi connectivity index (χ0n) is 6.91. The molecular formula is C9H16FN. The van der Waals surface area contributed by atoms with Gasteiger partial charge in [0.05, 0.1) is 6.67 Å². The van der Waals surface area contributed by atoms with Gasteiger partial charge in [-0.15, -0.1) is 0 Å². The largest absolute Gasteiger partial charge is 0.316 e. The summed E-state index contributed by atoms with van der Waals surface area (Å²) < 4.78 is 12.6. The number of nitrogens with one attached hydrogen (secondary N) is 1. The lowest BCUT2D eigenvalue weighted by Crippen LogP contribution is -2.27. The Morgan fingerprint density at radius 1 is 1.36 bits per heavy atom. The van der Waals surface area contributed by atoms with Gasteiger partial charge in [0, 0.05) is 19.0 Å². The van der Waals surface area contributed by atoms with E-state index in [1.807, 2.05) is 0 Å². The fraction of sp³-hybridized carbons (Fsp3) is 1.00. The normalized spacial score (nSPS) is 35.2. The van der Waals surface area contributed by atoms with Crippen LogP contribution in [-0.4, -0.2) is 19.8 Å². The van der Waals surface area contributed by atoms with Gasteiger partial charge >= 0.3 is 0 Å². The first-order valence-electron chi connectivity index (χ1n) is 4.64. The second-order valence-corrected chi connectivity index (χ2v) is 4.05. The Labute approximate surface area is 67.4 Å². The molecule has 2 heteroatoms. The van der Waals surface area contributed by atoms with Crippen LogP contribution in [0.1, 0.15) is 25.7 Å². The van der Waals surface area contributed by atoms with E-state index in [0.717, 1.165) is 13.1 Å². The molecule has 1 spiro atoms. The standard InChI is InChI=1S/C9H16FN/c10-5-8-6-11-7-9(8)3-1-2-4-9/h8,11H,1-7H2/t8-/m0/s1. The minimum atomic E-state index is -0.118. The van der Waals surface area contributed by atoms with Gasteiger partial charge in [-0.05, 0) is 18.3 Å². The highest BCUT2D eigenvalue weighted by molar-refractivity contribution is 4.97. The lowest BCUT2D eigenvalue weighted by atomic mass is 9.77. The first kappa shape index (κ1) is 7.53. The van der Waals surface area contributed by atoms with Crippen LogP contribution in [0.4, 0.5) is 4.39 Å². The summed E-state index contributed by atoms with van der Waals surface area (Å²) in [6.07, 6.45) is 5.15. The fourth-order valence-corrected chi connectivity index (χ4v) is 2.74. The Bertz CT molecular complexity index is 135. The molecule has 1 saturated carbocycles. The van der Waals surface area contributed by atoms with Crippen molar-refractivity contribution in [3.05, 3.63) is 0 Å². The van der Waals surface area contributed by atoms with Crippen molar-refractivity contribution in [2.75, 3.05) is 19.8 Å². The van der Waals surface area contributed by atoms with E-state index >= 15 is 0 Å². The highest BCUT2D eigenvalue weighted by Crippen LogP contribution is 2.46. The van der Waals surface area contributed by atoms with Gasteiger partial charge in [0.15, 0.2) is 0 Å². The van der Waals surface area contributed by atoms with Crippen LogP contribution in [0, 0.1) is 11.3 Å². The van der Waals surface area contributed by atoms with Gasteiger partial charge < -0.3 is 5.32 Å². The van der Waals surface area contributed by atoms with Gasteiger partial charge in [0.2, 0.25) is 0 Å². The molecule has 1 nitrogen and oxygen atoms in total. The minimum absolute atomic E-state index is 0.118. The van der Waals surface area contributed by atoms with Crippen molar-refractivity contribution in [3.8, 4) is 0 Å². The third-order valence-corrected chi connectivity index (χ3v) is 3.52. The van der Waals surface area contributed by atoms with Gasteiger partial charge in [-0.2, -0.15) is 0 Å². The molecule has 0 aromatic heterocycles. The monoisotopic (exact) mass is 157 g/mol. The summed E-state index contributed by atoms with van der Waals surface area (Å²) in [6.45, 7) is 1.87. The predicted molar refractivity (Wildman–Crippen MR) is 43.2 cm³/mol. The second-order valence-electron chi connectivity index (χ2n) is 4.05. The van der Waals surface area contributed by atoms with E-state index in [1.165, 1.54) is 25.7 Å². The first-order valence-corrected chi connectivity index (χ1v) is 4.64. The molecule has 1 saturated heterocycles. The molecule has 0 radical (unpaired) electrons. The Morgan fingerprint density at radius 3 is 2.73 bits per heavy atom. The van der Waals surface area contributed by atoms with Crippen LogP contribution < -0.4 is 5.32 Å². The Balaban J connectivity index is 2.09. The Morgan fingerprint density at radius 2 is 2.09 bits per heavy atom. The van der Waals surface area contributed by atoms with Crippen molar-refractivity contribution < 1.29 is 4.39 Å². The zero-order chi connectivity index (χ0) is 7.73. The van der Waals surface area contributed by atoms with Crippen molar-refractivity contribution >= 4 is 0 Å². The van der Waals surface area contributed by atoms with E-state index in [4.69, 9.17) is 0 Å². The average Bonchev–Trinajstić information content (AvgIpc) is 2.62. The molecule has 2 rings (SSSR count). The van der Waals surface area contributed by atoms with Crippen LogP contribution >= 0.6 is 0 Å². The summed E-state index contributed by atoms with van der Waals surface area (Å²) in [4.78, 5) is 0. The molecular weight excluding hydrogens is 141 g/mol. The van der Waals surface area contributed by atoms with Crippen molar-refractivity contribution in [1.29, 1.82) is 0 Å². The molecule has 0 unspecified atom stereocenters. The predicted octanol–water partition coefficient (Wildman–Crippen LogP) is 1.74. The van der Waals surface area contributed by atoms with Gasteiger partial charge in [-0.3, -0.25) is 4.39 Å². The molecule has 0 amide bonds. The summed E-state index contributed by atoms with van der Waals surface area (Å²) in [5.74, 6) is 0.324. The van der Waals surface area contributed by atoms with Crippen LogP contribution in [0.15, 0.2) is 0 Å². The molecule has 2 fully saturated rings. The van der Waals surface area contributed by atoms with E-state index < -0.39 is 0 Å². The van der Waals surface area contributed by atoms with Crippen molar-refractivity contribution in [2.24, 2.45) is 11.3 Å². The molecule has 0 aromatic rings. The molecule has 2 aliphatic rings. The second kappa shape index (κ2) is 2.74. The molecule has 1 heterocycles. The maximum absolute atomic E-state index is 12.6. The first-order chi connectivity index (χ1) is 5.37. The number of hydrogen-bond acceptors (Lipinski definition) is 1. The minimum Gasteiger partial charge on any atom is -0.316 e. The molecule has 0 aromatic carbocycles. The lowest BCUT2D eigenvalue weighted by molar-refractivity contribution is 0.192. The lowest BCUT2D eigenvalue weighted by Gasteiger charge is -2.27. The molecule has 11 heavy (non-hydrogen) atoms. The molecule has 0 bridgehead atoms. The van der Waals surface area contributed by atoms with E-state index in [0.29, 0.717) is 11.3 Å². The van der Waals surface area contributed by atoms with Crippen LogP contribution in [0.25, 0.3) is 0 Å². The zero-order valence-corrected chi connectivity index (χ0v) is 6.91. The Kier molecular flexibility index (Phi) is 1.88. The van der Waals surface area contributed by atoms with Gasteiger partial charge in [-0.1, -0.05) is 12.8 Å². The summed E-state index contributed by atoms with van der Waals surface area (Å²) in [5.41, 5.74) is 0.370. The molecule has 1 N–H and O–H groups in total. The quantitative estimate of drug-likeness (QED) is 0.611. The van der Waals surface area contributed by atoms with Crippen molar-refractivity contribution in [2.45, 2.75) is 25.7 Å². The Hall–Kier alpha value is -0.110. The third-order valence-electron chi connectivity index (χ3n) is 3.52. The van der Waals surface area contributed by atoms with E-state index in [-0.39, 0.29) is 6.67 Å². The maximum atomic E-state index is 12.6. The van der Waals surface area contributed by atoms with Gasteiger partial charge in [0.1, 0.15) is 0 Å². The van der Waals surface area contributed by atoms with Crippen molar-refractivity contribution in [3.63, 3.8) is 0 Å². The van der Waals surface area contributed by atoms with E-state index in [9.17, 15) is 4.39 Å². The van der Waals surface area contributed by atoms with E-state index in [1.54, 1.807) is 0 Å². The molecule has 64 valence electrons. The number of hydrogen-bond donors (Lipinski definition) is 1. The van der Waals surface area contributed by atoms with Gasteiger partial charge in [0.25, 0.3) is 0 Å². The SMILES string of the molecule is FC[C@H]1CNCC12CCCC2. The van der Waals surface area contributed by atoms with Crippen LogP contribution in [0.2, 0.25) is 0 Å². The number of rotatable bonds is 1. The van der Waals surface area contributed by atoms with Crippen LogP contribution in [0.3, 0.4) is 0 Å². The maximum Gasteiger partial charge on any atom is 0.0940 e. The highest BCUT2D eigenvalue weighted by atomic mass is 19.1. The topological polar surface area (TPSA) is 12.0 Å². The van der Waals surface area contributed by atoms with Gasteiger partial charge in [-0.25, -0.2) is 0 Å². The van der Waals surface area contributed by atoms with Crippen molar-refractivity contribution in [1.82, 2.24) is 5.32 Å². The number of halogens is 1. The number of alkyl halides is 1. The fourth-order valence-electron chi connectivity index (χ4n) is 2.74. The summed E-state index contributed by atoms with van der Waals surface area (Å²) in [5, 5.41) is 3.32. The average molecular weight is 157 g/mol. The van der Waals surface area contributed by atoms with Crippen LogP contribution in [-0.2, 0) is 0 Å². The molecule has 1 aliphatic heterocycles. The molecule has 1 atom stereocenters. The summed E-state index contributed by atoms with van der Waals surface area (Å²) >= 11 is 0. The van der Waals surface area contributed by atoms with Crippen LogP contribution in [0.5, 0.6) is 0 Å². The van der Waals surface area contributed by atoms with E-state index in [2.05, 4.69) is 5.32 Å². The molecule has 1 aliphatic carbocycles. The summed E-state index contributed by atoms with van der Waals surface area (Å²) in [7, 11) is 0. The smallest absolute Gasteiger partial charge is 0.0940 e. The highest BCUT2D eigenvalue weighted by Gasteiger charge is 2.44. The summed E-state index contributed by atoms with van der Waals surface area (Å²) in [6, 6.07) is 0. The third kappa shape index (κ3) is 1.08.